The average molecular weight is 656 g/mol. The van der Waals surface area contributed by atoms with Crippen molar-refractivity contribution in [2.24, 2.45) is 0 Å². The topological polar surface area (TPSA) is 3.24 Å². The molecule has 0 unspecified atom stereocenters. The van der Waals surface area contributed by atoms with Crippen LogP contribution in [0.3, 0.4) is 0 Å². The smallest absolute Gasteiger partial charge is 0.0554 e. The minimum absolute atomic E-state index is 1.12. The van der Waals surface area contributed by atoms with Gasteiger partial charge in [0, 0.05) is 31.5 Å². The third kappa shape index (κ3) is 5.56. The van der Waals surface area contributed by atoms with Crippen molar-refractivity contribution in [3.05, 3.63) is 200 Å². The molecule has 0 spiro atoms. The zero-order chi connectivity index (χ0) is 33.3. The van der Waals surface area contributed by atoms with Crippen molar-refractivity contribution in [2.45, 2.75) is 0 Å². The van der Waals surface area contributed by atoms with Crippen LogP contribution in [0.1, 0.15) is 0 Å². The van der Waals surface area contributed by atoms with E-state index in [0.29, 0.717) is 0 Å². The number of hydrogen-bond donors (Lipinski definition) is 0. The molecule has 2 heteroatoms. The van der Waals surface area contributed by atoms with E-state index in [-0.39, 0.29) is 0 Å². The first-order valence-electron chi connectivity index (χ1n) is 17.0. The summed E-state index contributed by atoms with van der Waals surface area (Å²) in [6.45, 7) is 0. The molecule has 0 amide bonds. The highest BCUT2D eigenvalue weighted by atomic mass is 32.1. The van der Waals surface area contributed by atoms with E-state index in [1.807, 2.05) is 11.3 Å². The number of rotatable bonds is 7. The Hall–Kier alpha value is -6.22. The monoisotopic (exact) mass is 655 g/mol. The number of hydrogen-bond acceptors (Lipinski definition) is 2. The molecule has 1 heterocycles. The Morgan fingerprint density at radius 1 is 0.320 bits per heavy atom. The molecule has 1 nitrogen and oxygen atoms in total. The summed E-state index contributed by atoms with van der Waals surface area (Å²) in [5.74, 6) is 0. The van der Waals surface area contributed by atoms with Gasteiger partial charge in [0.25, 0.3) is 0 Å². The largest absolute Gasteiger partial charge is 0.310 e. The molecule has 1 aromatic heterocycles. The van der Waals surface area contributed by atoms with Gasteiger partial charge < -0.3 is 4.90 Å². The normalized spacial score (nSPS) is 11.2. The molecule has 0 aliphatic heterocycles. The molecule has 0 aliphatic rings. The highest BCUT2D eigenvalue weighted by Gasteiger charge is 2.20. The van der Waals surface area contributed by atoms with Crippen molar-refractivity contribution in [3.8, 4) is 44.5 Å². The second-order valence-electron chi connectivity index (χ2n) is 12.5. The van der Waals surface area contributed by atoms with Gasteiger partial charge in [-0.1, -0.05) is 164 Å². The maximum Gasteiger partial charge on any atom is 0.0554 e. The lowest BCUT2D eigenvalue weighted by atomic mass is 9.98. The Morgan fingerprint density at radius 3 is 1.24 bits per heavy atom. The molecule has 0 bridgehead atoms. The van der Waals surface area contributed by atoms with Gasteiger partial charge in [-0.05, 0) is 80.9 Å². The van der Waals surface area contributed by atoms with Crippen LogP contribution in [-0.4, -0.2) is 0 Å². The van der Waals surface area contributed by atoms with Crippen molar-refractivity contribution >= 4 is 48.6 Å². The van der Waals surface area contributed by atoms with Crippen LogP contribution in [0.4, 0.5) is 17.1 Å². The van der Waals surface area contributed by atoms with Crippen molar-refractivity contribution in [3.63, 3.8) is 0 Å². The third-order valence-electron chi connectivity index (χ3n) is 9.51. The maximum atomic E-state index is 2.42. The van der Waals surface area contributed by atoms with Gasteiger partial charge in [0.2, 0.25) is 0 Å². The van der Waals surface area contributed by atoms with E-state index in [4.69, 9.17) is 0 Å². The van der Waals surface area contributed by atoms with E-state index in [1.165, 1.54) is 70.4 Å². The van der Waals surface area contributed by atoms with E-state index in [9.17, 15) is 0 Å². The number of anilines is 3. The first kappa shape index (κ1) is 29.9. The minimum atomic E-state index is 1.12. The van der Waals surface area contributed by atoms with Crippen LogP contribution in [-0.2, 0) is 0 Å². The molecule has 0 saturated heterocycles. The van der Waals surface area contributed by atoms with Gasteiger partial charge in [-0.2, -0.15) is 0 Å². The molecular formula is C48H33NS. The zero-order valence-corrected chi connectivity index (χ0v) is 28.2. The van der Waals surface area contributed by atoms with E-state index in [2.05, 4.69) is 205 Å². The van der Waals surface area contributed by atoms with Crippen molar-refractivity contribution in [2.75, 3.05) is 4.90 Å². The van der Waals surface area contributed by atoms with E-state index >= 15 is 0 Å². The molecule has 9 aromatic rings. The van der Waals surface area contributed by atoms with Crippen LogP contribution >= 0.6 is 11.3 Å². The van der Waals surface area contributed by atoms with Gasteiger partial charge in [-0.3, -0.25) is 0 Å². The first-order valence-corrected chi connectivity index (χ1v) is 17.8. The molecule has 0 N–H and O–H groups in total. The van der Waals surface area contributed by atoms with Gasteiger partial charge in [-0.15, -0.1) is 11.3 Å². The Morgan fingerprint density at radius 2 is 0.740 bits per heavy atom. The quantitative estimate of drug-likeness (QED) is 0.165. The fourth-order valence-electron chi connectivity index (χ4n) is 7.01. The number of benzene rings is 8. The lowest BCUT2D eigenvalue weighted by Gasteiger charge is -2.27. The summed E-state index contributed by atoms with van der Waals surface area (Å²) in [4.78, 5) is 2.42. The van der Waals surface area contributed by atoms with Crippen LogP contribution in [0.2, 0.25) is 0 Å². The summed E-state index contributed by atoms with van der Waals surface area (Å²) in [5.41, 5.74) is 13.2. The summed E-state index contributed by atoms with van der Waals surface area (Å²) in [5, 5.41) is 2.55. The second kappa shape index (κ2) is 13.0. The van der Waals surface area contributed by atoms with Gasteiger partial charge >= 0.3 is 0 Å². The van der Waals surface area contributed by atoms with Crippen LogP contribution in [0.5, 0.6) is 0 Å². The standard InChI is InChI=1S/C48H33NS/c1-4-12-34(13-5-1)37-22-24-40(25-23-37)43-18-10-19-44-47-45(20-11-21-46(47)50-48(43)44)49(41-30-26-38(27-31-41)35-14-6-2-7-15-35)42-32-28-39(29-33-42)36-16-8-3-9-17-36/h1-33H. The molecule has 8 aromatic carbocycles. The van der Waals surface area contributed by atoms with Crippen LogP contribution in [0.25, 0.3) is 64.7 Å². The number of nitrogens with zero attached hydrogens (tertiary/aromatic N) is 1. The molecule has 0 radical (unpaired) electrons. The zero-order valence-electron chi connectivity index (χ0n) is 27.4. The summed E-state index contributed by atoms with van der Waals surface area (Å²) in [7, 11) is 0. The lowest BCUT2D eigenvalue weighted by molar-refractivity contribution is 1.30. The Kier molecular flexibility index (Phi) is 7.77. The van der Waals surface area contributed by atoms with Crippen LogP contribution in [0.15, 0.2) is 200 Å². The maximum absolute atomic E-state index is 2.42. The molecule has 0 saturated carbocycles. The predicted molar refractivity (Wildman–Crippen MR) is 216 cm³/mol. The lowest BCUT2D eigenvalue weighted by Crippen LogP contribution is -2.10. The van der Waals surface area contributed by atoms with Gasteiger partial charge in [-0.25, -0.2) is 0 Å². The molecule has 0 atom stereocenters. The number of fused-ring (bicyclic) bond motifs is 3. The first-order chi connectivity index (χ1) is 24.8. The SMILES string of the molecule is c1ccc(-c2ccc(-c3cccc4c3sc3cccc(N(c5ccc(-c6ccccc6)cc5)c5ccc(-c6ccccc6)cc5)c34)cc2)cc1. The second-order valence-corrected chi connectivity index (χ2v) is 13.6. The highest BCUT2D eigenvalue weighted by Crippen LogP contribution is 2.47. The Balaban J connectivity index is 1.18. The van der Waals surface area contributed by atoms with Gasteiger partial charge in [0.15, 0.2) is 0 Å². The summed E-state index contributed by atoms with van der Waals surface area (Å²) < 4.78 is 2.58. The fraction of sp³-hybridized carbons (Fsp3) is 0. The average Bonchev–Trinajstić information content (AvgIpc) is 3.59. The molecule has 0 aliphatic carbocycles. The van der Waals surface area contributed by atoms with Gasteiger partial charge in [0.05, 0.1) is 5.69 Å². The van der Waals surface area contributed by atoms with Crippen molar-refractivity contribution in [1.29, 1.82) is 0 Å². The Bertz CT molecular complexity index is 2450. The van der Waals surface area contributed by atoms with Gasteiger partial charge in [0.1, 0.15) is 0 Å². The summed E-state index contributed by atoms with van der Waals surface area (Å²) >= 11 is 1.88. The highest BCUT2D eigenvalue weighted by molar-refractivity contribution is 7.26. The van der Waals surface area contributed by atoms with Crippen LogP contribution in [0, 0.1) is 0 Å². The van der Waals surface area contributed by atoms with Crippen LogP contribution < -0.4 is 4.90 Å². The predicted octanol–water partition coefficient (Wildman–Crippen LogP) is 14.2. The number of thiophene rings is 1. The molecule has 50 heavy (non-hydrogen) atoms. The fourth-order valence-corrected chi connectivity index (χ4v) is 8.27. The molecule has 236 valence electrons. The van der Waals surface area contributed by atoms with Crippen molar-refractivity contribution in [1.82, 2.24) is 0 Å². The van der Waals surface area contributed by atoms with E-state index in [1.54, 1.807) is 0 Å². The van der Waals surface area contributed by atoms with Crippen molar-refractivity contribution < 1.29 is 0 Å². The Labute approximate surface area is 297 Å². The summed E-state index contributed by atoms with van der Waals surface area (Å²) in [6, 6.07) is 72.2. The molecule has 0 fully saturated rings. The summed E-state index contributed by atoms with van der Waals surface area (Å²) in [6.07, 6.45) is 0. The third-order valence-corrected chi connectivity index (χ3v) is 10.7. The van der Waals surface area contributed by atoms with E-state index < -0.39 is 0 Å². The molecular weight excluding hydrogens is 623 g/mol. The molecule has 9 rings (SSSR count). The van der Waals surface area contributed by atoms with E-state index in [0.717, 1.165) is 11.4 Å². The minimum Gasteiger partial charge on any atom is -0.310 e.